The number of ketones is 1. The van der Waals surface area contributed by atoms with E-state index in [0.29, 0.717) is 38.0 Å². The van der Waals surface area contributed by atoms with Crippen LogP contribution in [0.2, 0.25) is 0 Å². The Morgan fingerprint density at radius 3 is 2.38 bits per heavy atom. The van der Waals surface area contributed by atoms with Gasteiger partial charge in [-0.3, -0.25) is 0 Å². The van der Waals surface area contributed by atoms with Gasteiger partial charge < -0.3 is 34.2 Å². The second-order valence-electron chi connectivity index (χ2n) is 9.71. The van der Waals surface area contributed by atoms with Crippen molar-refractivity contribution in [3.8, 4) is 5.75 Å². The number of hydrogen-bond acceptors (Lipinski definition) is 8. The number of nitrogens with zero attached hydrogens (tertiary/aromatic N) is 2. The van der Waals surface area contributed by atoms with Gasteiger partial charge in [0.1, 0.15) is 17.6 Å². The molecule has 1 N–H and O–H groups in total. The Bertz CT molecular complexity index is 1170. The topological polar surface area (TPSA) is 137 Å². The maximum Gasteiger partial charge on any atom is 0.243 e. The van der Waals surface area contributed by atoms with Crippen LogP contribution in [0.5, 0.6) is 5.75 Å². The summed E-state index contributed by atoms with van der Waals surface area (Å²) in [5.74, 6) is 0.499. The van der Waals surface area contributed by atoms with Gasteiger partial charge in [-0.15, -0.1) is 0 Å². The molecule has 1 aliphatic rings. The minimum Gasteiger partial charge on any atom is -0.530 e. The quantitative estimate of drug-likeness (QED) is 0.326. The lowest BCUT2D eigenvalue weighted by Gasteiger charge is -2.41. The van der Waals surface area contributed by atoms with E-state index in [1.54, 1.807) is 0 Å². The van der Waals surface area contributed by atoms with Crippen LogP contribution in [0.25, 0.3) is 0 Å². The highest BCUT2D eigenvalue weighted by Crippen LogP contribution is 2.24. The van der Waals surface area contributed by atoms with Gasteiger partial charge in [0.25, 0.3) is 0 Å². The number of carbonyl (C=O) groups excluding carboxylic acids is 2. The van der Waals surface area contributed by atoms with Gasteiger partial charge >= 0.3 is 0 Å². The molecule has 1 fully saturated rings. The first-order valence-electron chi connectivity index (χ1n) is 13.1. The standard InChI is InChI=1S/C28H38N2O8S/c1-21(31)8-6-7-16-29(39(35,36)25-13-11-24(37-2)12-14-25)19-27(32)26(18-22-9-4-3-5-10-22)30(28(33)34)23-15-17-38-20-23/h3-5,9-14,23,26-27,32H,6-8,15-20H2,1-2H3,(H,33,34)/p-1/t23-,26-,27+/m0/s1. The minimum absolute atomic E-state index is 0.00547. The Balaban J connectivity index is 1.92. The Morgan fingerprint density at radius 2 is 1.82 bits per heavy atom. The fourth-order valence-corrected chi connectivity index (χ4v) is 6.27. The van der Waals surface area contributed by atoms with Crippen LogP contribution in [0.15, 0.2) is 59.5 Å². The highest BCUT2D eigenvalue weighted by atomic mass is 32.2. The molecule has 0 bridgehead atoms. The molecule has 2 aromatic carbocycles. The molecule has 2 aromatic rings. The smallest absolute Gasteiger partial charge is 0.243 e. The number of sulfonamides is 1. The molecular weight excluding hydrogens is 524 g/mol. The molecule has 0 saturated carbocycles. The van der Waals surface area contributed by atoms with E-state index in [1.807, 2.05) is 30.3 Å². The number of Topliss-reactive ketones (excluding diaryl/α,β-unsaturated/α-hetero) is 1. The average molecular weight is 562 g/mol. The molecule has 3 rings (SSSR count). The molecule has 11 heteroatoms. The number of benzene rings is 2. The molecule has 1 heterocycles. The maximum atomic E-state index is 13.7. The average Bonchev–Trinajstić information content (AvgIpc) is 3.44. The van der Waals surface area contributed by atoms with E-state index in [2.05, 4.69) is 0 Å². The van der Waals surface area contributed by atoms with E-state index in [4.69, 9.17) is 9.47 Å². The van der Waals surface area contributed by atoms with Gasteiger partial charge in [0, 0.05) is 26.1 Å². The fraction of sp³-hybridized carbons (Fsp3) is 0.500. The highest BCUT2D eigenvalue weighted by Gasteiger charge is 2.36. The second kappa shape index (κ2) is 14.4. The van der Waals surface area contributed by atoms with Crippen LogP contribution in [-0.4, -0.2) is 86.2 Å². The van der Waals surface area contributed by atoms with Crippen molar-refractivity contribution < 1.29 is 37.7 Å². The van der Waals surface area contributed by atoms with Crippen molar-refractivity contribution in [3.63, 3.8) is 0 Å². The summed E-state index contributed by atoms with van der Waals surface area (Å²) in [6.45, 7) is 1.74. The van der Waals surface area contributed by atoms with Crippen LogP contribution in [-0.2, 0) is 26.0 Å². The first-order valence-corrected chi connectivity index (χ1v) is 14.5. The highest BCUT2D eigenvalue weighted by molar-refractivity contribution is 7.89. The first kappa shape index (κ1) is 30.6. The molecule has 0 aliphatic carbocycles. The number of amides is 1. The Labute approximate surface area is 230 Å². The Kier molecular flexibility index (Phi) is 11.3. The van der Waals surface area contributed by atoms with Crippen LogP contribution in [0.1, 0.15) is 38.2 Å². The fourth-order valence-electron chi connectivity index (χ4n) is 4.77. The van der Waals surface area contributed by atoms with Gasteiger partial charge in [-0.25, -0.2) is 8.42 Å². The molecule has 0 spiro atoms. The molecule has 39 heavy (non-hydrogen) atoms. The van der Waals surface area contributed by atoms with Crippen molar-refractivity contribution in [1.82, 2.24) is 9.21 Å². The third kappa shape index (κ3) is 8.50. The molecular formula is C28H37N2O8S-. The van der Waals surface area contributed by atoms with Gasteiger partial charge in [-0.05, 0) is 62.4 Å². The summed E-state index contributed by atoms with van der Waals surface area (Å²) < 4.78 is 39.1. The molecule has 0 aromatic heterocycles. The Hall–Kier alpha value is -2.99. The van der Waals surface area contributed by atoms with Crippen molar-refractivity contribution in [1.29, 1.82) is 0 Å². The summed E-state index contributed by atoms with van der Waals surface area (Å²) in [6, 6.07) is 13.5. The van der Waals surface area contributed by atoms with E-state index < -0.39 is 34.3 Å². The summed E-state index contributed by atoms with van der Waals surface area (Å²) in [7, 11) is -2.59. The third-order valence-corrected chi connectivity index (χ3v) is 8.75. The summed E-state index contributed by atoms with van der Waals surface area (Å²) in [5.41, 5.74) is 0.790. The number of unbranched alkanes of at least 4 members (excludes halogenated alkanes) is 1. The number of aliphatic hydroxyl groups excluding tert-OH is 1. The predicted octanol–water partition coefficient (Wildman–Crippen LogP) is 1.85. The van der Waals surface area contributed by atoms with E-state index in [9.17, 15) is 28.2 Å². The SMILES string of the molecule is COc1ccc(S(=O)(=O)N(CCCCC(C)=O)C[C@@H](O)[C@H](Cc2ccccc2)N(C(=O)[O-])[C@H]2CCOC2)cc1. The lowest BCUT2D eigenvalue weighted by molar-refractivity contribution is -0.272. The number of aliphatic hydroxyl groups is 1. The van der Waals surface area contributed by atoms with E-state index in [-0.39, 0.29) is 36.8 Å². The number of rotatable bonds is 15. The summed E-state index contributed by atoms with van der Waals surface area (Å²) in [6.07, 6.45) is -1.02. The molecule has 3 atom stereocenters. The molecule has 1 saturated heterocycles. The van der Waals surface area contributed by atoms with Gasteiger partial charge in [0.15, 0.2) is 0 Å². The molecule has 1 aliphatic heterocycles. The lowest BCUT2D eigenvalue weighted by Crippen LogP contribution is -2.59. The Morgan fingerprint density at radius 1 is 1.13 bits per heavy atom. The van der Waals surface area contributed by atoms with Crippen LogP contribution in [0.4, 0.5) is 4.79 Å². The van der Waals surface area contributed by atoms with Crippen molar-refractivity contribution in [2.24, 2.45) is 0 Å². The molecule has 1 amide bonds. The van der Waals surface area contributed by atoms with Crippen molar-refractivity contribution >= 4 is 21.9 Å². The summed E-state index contributed by atoms with van der Waals surface area (Å²) in [5, 5.41) is 23.8. The predicted molar refractivity (Wildman–Crippen MR) is 143 cm³/mol. The van der Waals surface area contributed by atoms with Crippen molar-refractivity contribution in [3.05, 3.63) is 60.2 Å². The van der Waals surface area contributed by atoms with E-state index in [0.717, 1.165) is 14.8 Å². The van der Waals surface area contributed by atoms with Gasteiger partial charge in [-0.2, -0.15) is 4.31 Å². The number of carboxylic acid groups (broad SMARTS) is 1. The first-order chi connectivity index (χ1) is 18.6. The van der Waals surface area contributed by atoms with Crippen LogP contribution < -0.4 is 9.84 Å². The van der Waals surface area contributed by atoms with Crippen molar-refractivity contribution in [2.45, 2.75) is 62.1 Å². The molecule has 0 unspecified atom stereocenters. The maximum absolute atomic E-state index is 13.7. The van der Waals surface area contributed by atoms with E-state index in [1.165, 1.54) is 38.3 Å². The van der Waals surface area contributed by atoms with Crippen LogP contribution in [0.3, 0.4) is 0 Å². The molecule has 214 valence electrons. The van der Waals surface area contributed by atoms with E-state index >= 15 is 0 Å². The van der Waals surface area contributed by atoms with Gasteiger partial charge in [-0.1, -0.05) is 30.3 Å². The number of ether oxygens (including phenoxy) is 2. The zero-order chi connectivity index (χ0) is 28.4. The third-order valence-electron chi connectivity index (χ3n) is 6.87. The zero-order valence-corrected chi connectivity index (χ0v) is 23.2. The molecule has 10 nitrogen and oxygen atoms in total. The lowest BCUT2D eigenvalue weighted by atomic mass is 9.97. The second-order valence-corrected chi connectivity index (χ2v) is 11.7. The zero-order valence-electron chi connectivity index (χ0n) is 22.4. The van der Waals surface area contributed by atoms with Crippen LogP contribution >= 0.6 is 0 Å². The van der Waals surface area contributed by atoms with Gasteiger partial charge in [0.2, 0.25) is 10.0 Å². The van der Waals surface area contributed by atoms with Crippen molar-refractivity contribution in [2.75, 3.05) is 33.4 Å². The van der Waals surface area contributed by atoms with Crippen LogP contribution in [0, 0.1) is 0 Å². The monoisotopic (exact) mass is 561 g/mol. The minimum atomic E-state index is -4.07. The van der Waals surface area contributed by atoms with Gasteiger partial charge in [0.05, 0.1) is 36.8 Å². The molecule has 0 radical (unpaired) electrons. The summed E-state index contributed by atoms with van der Waals surface area (Å²) >= 11 is 0. The number of carbonyl (C=O) groups is 2. The number of hydrogen-bond donors (Lipinski definition) is 1. The number of methoxy groups -OCH3 is 1. The summed E-state index contributed by atoms with van der Waals surface area (Å²) in [4.78, 5) is 24.9. The normalized spacial score (nSPS) is 17.1. The largest absolute Gasteiger partial charge is 0.530 e.